The maximum Gasteiger partial charge on any atom is 0.126 e. The number of aliphatic hydroxyl groups is 1. The van der Waals surface area contributed by atoms with Gasteiger partial charge in [0.1, 0.15) is 11.6 Å². The number of hydrogen-bond acceptors (Lipinski definition) is 3. The lowest BCUT2D eigenvalue weighted by atomic mass is 9.75. The minimum Gasteiger partial charge on any atom is -0.494 e. The monoisotopic (exact) mass is 357 g/mol. The SMILES string of the molecule is CCOc1ccccc1CN1CCC[C@@](CO)(Cc2ccccc2F)C1. The van der Waals surface area contributed by atoms with E-state index >= 15 is 0 Å². The maximum atomic E-state index is 14.1. The molecule has 0 saturated carbocycles. The summed E-state index contributed by atoms with van der Waals surface area (Å²) in [5.41, 5.74) is 1.56. The Morgan fingerprint density at radius 3 is 2.58 bits per heavy atom. The van der Waals surface area contributed by atoms with Crippen molar-refractivity contribution in [3.63, 3.8) is 0 Å². The van der Waals surface area contributed by atoms with E-state index in [4.69, 9.17) is 4.74 Å². The lowest BCUT2D eigenvalue weighted by molar-refractivity contribution is 0.0279. The zero-order chi connectivity index (χ0) is 18.4. The average molecular weight is 357 g/mol. The van der Waals surface area contributed by atoms with Crippen LogP contribution in [0.15, 0.2) is 48.5 Å². The fourth-order valence-electron chi connectivity index (χ4n) is 3.99. The van der Waals surface area contributed by atoms with Gasteiger partial charge in [0, 0.05) is 24.1 Å². The normalized spacial score (nSPS) is 20.9. The molecular formula is C22H28FNO2. The number of halogens is 1. The molecule has 4 heteroatoms. The van der Waals surface area contributed by atoms with Crippen molar-refractivity contribution in [3.8, 4) is 5.75 Å². The van der Waals surface area contributed by atoms with E-state index in [0.29, 0.717) is 18.6 Å². The number of ether oxygens (including phenoxy) is 1. The summed E-state index contributed by atoms with van der Waals surface area (Å²) in [5.74, 6) is 0.739. The largest absolute Gasteiger partial charge is 0.494 e. The van der Waals surface area contributed by atoms with Crippen LogP contribution in [0.2, 0.25) is 0 Å². The molecule has 0 aromatic heterocycles. The van der Waals surface area contributed by atoms with Crippen molar-refractivity contribution in [2.24, 2.45) is 5.41 Å². The molecule has 1 saturated heterocycles. The van der Waals surface area contributed by atoms with Crippen LogP contribution in [-0.4, -0.2) is 36.3 Å². The molecule has 3 nitrogen and oxygen atoms in total. The topological polar surface area (TPSA) is 32.7 Å². The minimum absolute atomic E-state index is 0.0743. The lowest BCUT2D eigenvalue weighted by Crippen LogP contribution is -2.46. The van der Waals surface area contributed by atoms with Crippen LogP contribution in [0.3, 0.4) is 0 Å². The van der Waals surface area contributed by atoms with Crippen LogP contribution in [0.25, 0.3) is 0 Å². The molecule has 0 bridgehead atoms. The summed E-state index contributed by atoms with van der Waals surface area (Å²) < 4.78 is 19.9. The highest BCUT2D eigenvalue weighted by Crippen LogP contribution is 2.35. The van der Waals surface area contributed by atoms with Crippen molar-refractivity contribution >= 4 is 0 Å². The number of aliphatic hydroxyl groups excluding tert-OH is 1. The Bertz CT molecular complexity index is 721. The molecule has 1 aliphatic heterocycles. The third kappa shape index (κ3) is 4.43. The lowest BCUT2D eigenvalue weighted by Gasteiger charge is -2.42. The summed E-state index contributed by atoms with van der Waals surface area (Å²) >= 11 is 0. The molecule has 26 heavy (non-hydrogen) atoms. The molecule has 0 amide bonds. The summed E-state index contributed by atoms with van der Waals surface area (Å²) in [4.78, 5) is 2.36. The van der Waals surface area contributed by atoms with Crippen LogP contribution >= 0.6 is 0 Å². The van der Waals surface area contributed by atoms with E-state index in [1.807, 2.05) is 37.3 Å². The Morgan fingerprint density at radius 1 is 1.12 bits per heavy atom. The summed E-state index contributed by atoms with van der Waals surface area (Å²) in [6.07, 6.45) is 2.49. The summed E-state index contributed by atoms with van der Waals surface area (Å²) in [5, 5.41) is 10.1. The van der Waals surface area contributed by atoms with Crippen LogP contribution in [0.4, 0.5) is 4.39 Å². The van der Waals surface area contributed by atoms with Gasteiger partial charge < -0.3 is 9.84 Å². The zero-order valence-corrected chi connectivity index (χ0v) is 15.5. The van der Waals surface area contributed by atoms with Gasteiger partial charge in [0.15, 0.2) is 0 Å². The van der Waals surface area contributed by atoms with E-state index in [9.17, 15) is 9.50 Å². The Kier molecular flexibility index (Phi) is 6.28. The van der Waals surface area contributed by atoms with Gasteiger partial charge in [0.25, 0.3) is 0 Å². The van der Waals surface area contributed by atoms with E-state index < -0.39 is 0 Å². The first-order chi connectivity index (χ1) is 12.7. The average Bonchev–Trinajstić information content (AvgIpc) is 2.66. The molecule has 0 spiro atoms. The van der Waals surface area contributed by atoms with Crippen molar-refractivity contribution in [3.05, 3.63) is 65.5 Å². The summed E-state index contributed by atoms with van der Waals surface area (Å²) in [6.45, 7) is 5.24. The van der Waals surface area contributed by atoms with Crippen molar-refractivity contribution in [2.45, 2.75) is 32.7 Å². The fourth-order valence-corrected chi connectivity index (χ4v) is 3.99. The molecule has 0 aliphatic carbocycles. The second-order valence-corrected chi connectivity index (χ2v) is 7.28. The van der Waals surface area contributed by atoms with Gasteiger partial charge in [-0.3, -0.25) is 4.90 Å². The molecule has 1 heterocycles. The first-order valence-corrected chi connectivity index (χ1v) is 9.43. The number of hydrogen-bond donors (Lipinski definition) is 1. The second kappa shape index (κ2) is 8.65. The highest BCUT2D eigenvalue weighted by molar-refractivity contribution is 5.33. The molecule has 0 unspecified atom stereocenters. The van der Waals surface area contributed by atoms with E-state index in [1.165, 1.54) is 6.07 Å². The molecule has 140 valence electrons. The van der Waals surface area contributed by atoms with Gasteiger partial charge in [0.05, 0.1) is 13.2 Å². The highest BCUT2D eigenvalue weighted by Gasteiger charge is 2.36. The van der Waals surface area contributed by atoms with Gasteiger partial charge in [-0.25, -0.2) is 4.39 Å². The number of rotatable bonds is 7. The molecule has 1 atom stereocenters. The van der Waals surface area contributed by atoms with Gasteiger partial charge in [-0.2, -0.15) is 0 Å². The van der Waals surface area contributed by atoms with Gasteiger partial charge in [-0.05, 0) is 50.4 Å². The van der Waals surface area contributed by atoms with E-state index in [-0.39, 0.29) is 17.8 Å². The number of para-hydroxylation sites is 1. The summed E-state index contributed by atoms with van der Waals surface area (Å²) in [6, 6.07) is 15.0. The molecule has 1 N–H and O–H groups in total. The van der Waals surface area contributed by atoms with Crippen molar-refractivity contribution < 1.29 is 14.2 Å². The molecule has 0 radical (unpaired) electrons. The Hall–Kier alpha value is -1.91. The van der Waals surface area contributed by atoms with E-state index in [0.717, 1.165) is 43.8 Å². The third-order valence-corrected chi connectivity index (χ3v) is 5.27. The molecule has 3 rings (SSSR count). The maximum absolute atomic E-state index is 14.1. The van der Waals surface area contributed by atoms with Gasteiger partial charge in [0.2, 0.25) is 0 Å². The Balaban J connectivity index is 1.74. The van der Waals surface area contributed by atoms with Crippen molar-refractivity contribution in [1.29, 1.82) is 0 Å². The molecule has 1 fully saturated rings. The zero-order valence-electron chi connectivity index (χ0n) is 15.5. The van der Waals surface area contributed by atoms with Crippen molar-refractivity contribution in [2.75, 3.05) is 26.3 Å². The quantitative estimate of drug-likeness (QED) is 0.812. The van der Waals surface area contributed by atoms with Crippen LogP contribution in [0.5, 0.6) is 5.75 Å². The van der Waals surface area contributed by atoms with Gasteiger partial charge in [-0.1, -0.05) is 36.4 Å². The predicted molar refractivity (Wildman–Crippen MR) is 102 cm³/mol. The standard InChI is InChI=1S/C22H28FNO2/c1-2-26-21-11-6-4-9-19(21)15-24-13-7-12-22(16-24,17-25)14-18-8-3-5-10-20(18)23/h3-6,8-11,25H,2,7,12-17H2,1H3/t22-/m1/s1. The first-order valence-electron chi connectivity index (χ1n) is 9.43. The predicted octanol–water partition coefficient (Wildman–Crippen LogP) is 4.04. The van der Waals surface area contributed by atoms with Crippen LogP contribution in [-0.2, 0) is 13.0 Å². The number of benzene rings is 2. The number of likely N-dealkylation sites (tertiary alicyclic amines) is 1. The van der Waals surface area contributed by atoms with Crippen LogP contribution in [0, 0.1) is 11.2 Å². The van der Waals surface area contributed by atoms with Crippen LogP contribution in [0.1, 0.15) is 30.9 Å². The summed E-state index contributed by atoms with van der Waals surface area (Å²) in [7, 11) is 0. The van der Waals surface area contributed by atoms with E-state index in [2.05, 4.69) is 11.0 Å². The minimum atomic E-state index is -0.291. The number of nitrogens with zero attached hydrogens (tertiary/aromatic N) is 1. The van der Waals surface area contributed by atoms with Gasteiger partial charge in [-0.15, -0.1) is 0 Å². The van der Waals surface area contributed by atoms with Gasteiger partial charge >= 0.3 is 0 Å². The third-order valence-electron chi connectivity index (χ3n) is 5.27. The molecular weight excluding hydrogens is 329 g/mol. The Morgan fingerprint density at radius 2 is 1.85 bits per heavy atom. The number of piperidine rings is 1. The second-order valence-electron chi connectivity index (χ2n) is 7.28. The molecule has 2 aromatic rings. The van der Waals surface area contributed by atoms with Crippen LogP contribution < -0.4 is 4.74 Å². The Labute approximate surface area is 155 Å². The van der Waals surface area contributed by atoms with E-state index in [1.54, 1.807) is 6.07 Å². The highest BCUT2D eigenvalue weighted by atomic mass is 19.1. The molecule has 2 aromatic carbocycles. The molecule has 1 aliphatic rings. The fraction of sp³-hybridized carbons (Fsp3) is 0.455. The van der Waals surface area contributed by atoms with Crippen molar-refractivity contribution in [1.82, 2.24) is 4.90 Å². The smallest absolute Gasteiger partial charge is 0.126 e. The first kappa shape index (κ1) is 18.9.